The van der Waals surface area contributed by atoms with Crippen LogP contribution in [-0.4, -0.2) is 121 Å². The first-order chi connectivity index (χ1) is 57.9. The van der Waals surface area contributed by atoms with Gasteiger partial charge in [0.2, 0.25) is 33.3 Å². The molecule has 630 valence electrons. The average Bonchev–Trinajstić information content (AvgIpc) is 1.70. The monoisotopic (exact) mass is 1700 g/mol. The van der Waals surface area contributed by atoms with Crippen LogP contribution in [0.15, 0.2) is 181 Å². The lowest BCUT2D eigenvalue weighted by molar-refractivity contribution is -0.274. The number of para-hydroxylation sites is 1. The van der Waals surface area contributed by atoms with Gasteiger partial charge < -0.3 is 57.5 Å². The zero-order valence-electron chi connectivity index (χ0n) is 66.6. The molecule has 13 aromatic rings. The van der Waals surface area contributed by atoms with E-state index in [0.29, 0.717) is 97.1 Å². The Morgan fingerprint density at radius 2 is 0.901 bits per heavy atom. The molecular weight excluding hydrogens is 1620 g/mol. The van der Waals surface area contributed by atoms with Crippen molar-refractivity contribution in [3.8, 4) is 132 Å². The van der Waals surface area contributed by atoms with E-state index in [1.165, 1.54) is 143 Å². The summed E-state index contributed by atoms with van der Waals surface area (Å²) in [5.41, 5.74) is 14.0. The SMILES string of the molecule is COc1ccc(F)cc1-c1noc(-c2ccc(N3CCCCC3C)c(C#N)c2)n1.COc1ccc(F)cc1-c1noc(-c2ccc(N3CCCCC3C)c(N)c2)n1.COc1ccc(F)cc1-c1noc(-c2ccc(N3CCCCC3C)c(NS(C)(=O)=O)c2)n1.Cc1cscc1-c1ccc(-c2nc(-c3ccccc3OC(F)(F)F)no2)cc1C(F)(F)F. The average molecular weight is 1710 g/mol. The van der Waals surface area contributed by atoms with E-state index >= 15 is 0 Å². The minimum atomic E-state index is -4.94. The number of sulfonamides is 1. The predicted molar refractivity (Wildman–Crippen MR) is 440 cm³/mol. The Balaban J connectivity index is 0.000000139. The van der Waals surface area contributed by atoms with Crippen molar-refractivity contribution in [3.63, 3.8) is 0 Å². The van der Waals surface area contributed by atoms with Crippen LogP contribution in [-0.2, 0) is 16.2 Å². The standard InChI is InChI=1S/C22H25FN4O4S.C22H21FN4O2.C21H12F6N2O2S.C21H23FN4O2/c1-14-6-4-5-11-27(14)19-9-7-15(12-18(19)26-32(3,28)29)22-24-21(25-31-22)17-13-16(23)8-10-20(17)30-2;1-14-5-3-4-10-27(14)19-8-6-15(11-16(19)13-24)22-25-21(26-29-22)18-12-17(23)7-9-20(18)28-2;1-11-9-32-10-15(11)13-7-6-12(8-16(13)20(22,23)24)19-28-18(29-31-19)14-4-2-3-5-17(14)30-21(25,26)27;1-13-5-3-4-10-26(13)18-8-6-14(11-17(18)23)21-24-20(25-28-21)16-12-15(22)7-9-19(16)27-2/h7-10,12-14,26H,4-6,11H2,1-3H3;6-9,11-12,14H,3-5,10H2,1-2H3;2-10H,1H3;6-9,11-13H,3-5,10,23H2,1-2H3. The molecule has 3 fully saturated rings. The number of rotatable bonds is 18. The van der Waals surface area contributed by atoms with E-state index in [9.17, 15) is 53.2 Å². The van der Waals surface area contributed by atoms with Gasteiger partial charge in [0.05, 0.1) is 89.4 Å². The highest BCUT2D eigenvalue weighted by atomic mass is 32.2. The summed E-state index contributed by atoms with van der Waals surface area (Å²) in [5, 5.41) is 28.6. The molecule has 3 saturated heterocycles. The van der Waals surface area contributed by atoms with Crippen LogP contribution in [0, 0.1) is 35.7 Å². The Morgan fingerprint density at radius 1 is 0.488 bits per heavy atom. The van der Waals surface area contributed by atoms with Crippen LogP contribution in [0.4, 0.5) is 68.0 Å². The molecule has 0 aliphatic carbocycles. The van der Waals surface area contributed by atoms with E-state index in [4.69, 9.17) is 38.0 Å². The molecule has 16 rings (SSSR count). The second-order valence-electron chi connectivity index (χ2n) is 28.8. The molecule has 8 aromatic carbocycles. The molecule has 35 heteroatoms. The van der Waals surface area contributed by atoms with Crippen molar-refractivity contribution in [1.29, 1.82) is 5.26 Å². The number of nitrogens with zero attached hydrogens (tertiary/aromatic N) is 12. The molecule has 24 nitrogen and oxygen atoms in total. The van der Waals surface area contributed by atoms with Crippen molar-refractivity contribution in [2.45, 2.75) is 116 Å². The van der Waals surface area contributed by atoms with E-state index in [0.717, 1.165) is 92.8 Å². The van der Waals surface area contributed by atoms with Gasteiger partial charge in [-0.1, -0.05) is 38.8 Å². The maximum Gasteiger partial charge on any atom is 0.573 e. The Bertz CT molecular complexity index is 5990. The van der Waals surface area contributed by atoms with Crippen molar-refractivity contribution >= 4 is 49.8 Å². The van der Waals surface area contributed by atoms with Gasteiger partial charge in [-0.2, -0.15) is 49.7 Å². The van der Waals surface area contributed by atoms with E-state index in [1.807, 2.05) is 42.5 Å². The first kappa shape index (κ1) is 85.9. The first-order valence-corrected chi connectivity index (χ1v) is 41.1. The molecule has 3 N–H and O–H groups in total. The minimum absolute atomic E-state index is 0.00339. The van der Waals surface area contributed by atoms with Crippen molar-refractivity contribution < 1.29 is 85.0 Å². The summed E-state index contributed by atoms with van der Waals surface area (Å²) in [7, 11) is 0.975. The van der Waals surface area contributed by atoms with Crippen molar-refractivity contribution in [3.05, 3.63) is 197 Å². The number of piperidine rings is 3. The molecule has 121 heavy (non-hydrogen) atoms. The molecule has 0 bridgehead atoms. The quantitative estimate of drug-likeness (QED) is 0.0596. The summed E-state index contributed by atoms with van der Waals surface area (Å²) in [5.74, 6) is 0.398. The summed E-state index contributed by atoms with van der Waals surface area (Å²) < 4.78 is 188. The summed E-state index contributed by atoms with van der Waals surface area (Å²) in [6.45, 7) is 11.1. The molecule has 3 aliphatic rings. The Labute approximate surface area is 693 Å². The van der Waals surface area contributed by atoms with Gasteiger partial charge in [-0.05, 0) is 246 Å². The number of anilines is 5. The van der Waals surface area contributed by atoms with Gasteiger partial charge in [-0.3, -0.25) is 4.72 Å². The number of hydrogen-bond acceptors (Lipinski definition) is 24. The molecular formula is C86H81F9N14O10S2. The third kappa shape index (κ3) is 20.5. The number of halogens is 9. The van der Waals surface area contributed by atoms with Crippen LogP contribution in [0.5, 0.6) is 23.0 Å². The summed E-state index contributed by atoms with van der Waals surface area (Å²) >= 11 is 1.29. The number of methoxy groups -OCH3 is 3. The number of nitrogens with two attached hydrogens (primary N) is 1. The summed E-state index contributed by atoms with van der Waals surface area (Å²) in [6, 6.07) is 41.2. The number of thiophene rings is 1. The molecule has 3 atom stereocenters. The fraction of sp³-hybridized carbons (Fsp3) is 0.291. The van der Waals surface area contributed by atoms with Crippen LogP contribution in [0.1, 0.15) is 95.2 Å². The van der Waals surface area contributed by atoms with Gasteiger partial charge in [0.15, 0.2) is 0 Å². The first-order valence-electron chi connectivity index (χ1n) is 38.3. The molecule has 0 radical (unpaired) electrons. The number of ether oxygens (including phenoxy) is 4. The van der Waals surface area contributed by atoms with E-state index in [1.54, 1.807) is 29.8 Å². The lowest BCUT2D eigenvalue weighted by atomic mass is 9.97. The number of nitriles is 1. The highest BCUT2D eigenvalue weighted by Gasteiger charge is 2.37. The number of nitrogen functional groups attached to an aromatic ring is 1. The van der Waals surface area contributed by atoms with E-state index in [2.05, 4.69) is 91.6 Å². The second-order valence-corrected chi connectivity index (χ2v) is 31.3. The van der Waals surface area contributed by atoms with Gasteiger partial charge >= 0.3 is 12.5 Å². The van der Waals surface area contributed by atoms with Gasteiger partial charge in [0, 0.05) is 60.0 Å². The molecule has 0 spiro atoms. The zero-order valence-corrected chi connectivity index (χ0v) is 68.2. The molecule has 0 saturated carbocycles. The normalized spacial score (nSPS) is 15.5. The van der Waals surface area contributed by atoms with Crippen LogP contribution in [0.2, 0.25) is 0 Å². The van der Waals surface area contributed by atoms with Crippen molar-refractivity contribution in [2.75, 3.05) is 72.4 Å². The maximum atomic E-state index is 13.8. The topological polar surface area (TPSA) is 298 Å². The maximum absolute atomic E-state index is 13.8. The Morgan fingerprint density at radius 3 is 1.32 bits per heavy atom. The largest absolute Gasteiger partial charge is 0.573 e. The van der Waals surface area contributed by atoms with E-state index in [-0.39, 0.29) is 57.7 Å². The lowest BCUT2D eigenvalue weighted by Gasteiger charge is -2.36. The molecule has 3 unspecified atom stereocenters. The lowest BCUT2D eigenvalue weighted by Crippen LogP contribution is -2.38. The summed E-state index contributed by atoms with van der Waals surface area (Å²) in [6.07, 6.45) is 1.82. The smallest absolute Gasteiger partial charge is 0.496 e. The van der Waals surface area contributed by atoms with Crippen LogP contribution in [0.3, 0.4) is 0 Å². The number of benzene rings is 8. The van der Waals surface area contributed by atoms with Gasteiger partial charge in [-0.15, -0.1) is 13.2 Å². The molecule has 8 heterocycles. The van der Waals surface area contributed by atoms with Crippen LogP contribution in [0.25, 0.3) is 102 Å². The van der Waals surface area contributed by atoms with Crippen molar-refractivity contribution in [1.82, 2.24) is 40.6 Å². The number of aromatic nitrogens is 8. The van der Waals surface area contributed by atoms with Gasteiger partial charge in [0.25, 0.3) is 23.6 Å². The number of nitrogens with one attached hydrogen (secondary N) is 1. The molecule has 0 amide bonds. The van der Waals surface area contributed by atoms with Crippen molar-refractivity contribution in [2.24, 2.45) is 0 Å². The Hall–Kier alpha value is -13.0. The number of alkyl halides is 6. The fourth-order valence-corrected chi connectivity index (χ4v) is 16.0. The minimum Gasteiger partial charge on any atom is -0.496 e. The third-order valence-electron chi connectivity index (χ3n) is 20.5. The highest BCUT2D eigenvalue weighted by molar-refractivity contribution is 7.92. The Kier molecular flexibility index (Phi) is 26.4. The van der Waals surface area contributed by atoms with E-state index < -0.39 is 51.3 Å². The zero-order chi connectivity index (χ0) is 86.0. The summed E-state index contributed by atoms with van der Waals surface area (Å²) in [4.78, 5) is 24.0. The van der Waals surface area contributed by atoms with Gasteiger partial charge in [0.1, 0.15) is 46.5 Å². The second kappa shape index (κ2) is 37.1. The third-order valence-corrected chi connectivity index (χ3v) is 21.9. The van der Waals surface area contributed by atoms with Gasteiger partial charge in [-0.25, -0.2) is 21.6 Å². The highest BCUT2D eigenvalue weighted by Crippen LogP contribution is 2.45. The van der Waals surface area contributed by atoms with Crippen LogP contribution < -0.4 is 44.1 Å². The fourth-order valence-electron chi connectivity index (χ4n) is 14.5. The van der Waals surface area contributed by atoms with Crippen LogP contribution >= 0.6 is 11.3 Å². The predicted octanol–water partition coefficient (Wildman–Crippen LogP) is 21.0. The molecule has 5 aromatic heterocycles. The number of hydrogen-bond donors (Lipinski definition) is 2. The molecule has 3 aliphatic heterocycles. The number of aryl methyl sites for hydroxylation is 1.